The molecule has 0 atom stereocenters. The molecule has 134 valence electrons. The van der Waals surface area contributed by atoms with E-state index in [-0.39, 0.29) is 18.1 Å². The van der Waals surface area contributed by atoms with Gasteiger partial charge in [0.05, 0.1) is 6.54 Å². The number of carbonyl (C=O) groups excluding carboxylic acids is 1. The van der Waals surface area contributed by atoms with Gasteiger partial charge in [-0.05, 0) is 6.07 Å². The Hall–Kier alpha value is -3.74. The summed E-state index contributed by atoms with van der Waals surface area (Å²) in [6.45, 7) is 0.269. The molecule has 0 fully saturated rings. The van der Waals surface area contributed by atoms with Crippen molar-refractivity contribution < 1.29 is 13.7 Å². The van der Waals surface area contributed by atoms with Gasteiger partial charge in [0.15, 0.2) is 17.3 Å². The van der Waals surface area contributed by atoms with Crippen LogP contribution in [0.3, 0.4) is 0 Å². The zero-order chi connectivity index (χ0) is 18.6. The monoisotopic (exact) mass is 362 g/mol. The molecule has 0 radical (unpaired) electrons. The number of anilines is 1. The topological polar surface area (TPSA) is 73.0 Å². The fourth-order valence-corrected chi connectivity index (χ4v) is 2.62. The van der Waals surface area contributed by atoms with E-state index in [0.29, 0.717) is 17.1 Å². The minimum atomic E-state index is -0.433. The summed E-state index contributed by atoms with van der Waals surface area (Å²) in [7, 11) is 0. The van der Waals surface area contributed by atoms with Crippen molar-refractivity contribution in [2.75, 3.05) is 5.32 Å². The number of benzene rings is 2. The number of carbonyl (C=O) groups is 1. The molecule has 0 spiro atoms. The molecule has 7 heteroatoms. The summed E-state index contributed by atoms with van der Waals surface area (Å²) < 4.78 is 20.5. The predicted octanol–water partition coefficient (Wildman–Crippen LogP) is 3.98. The number of aromatic nitrogens is 3. The van der Waals surface area contributed by atoms with Crippen LogP contribution in [0.15, 0.2) is 77.4 Å². The van der Waals surface area contributed by atoms with Crippen molar-refractivity contribution in [1.29, 1.82) is 0 Å². The minimum Gasteiger partial charge on any atom is -0.355 e. The zero-order valence-corrected chi connectivity index (χ0v) is 14.2. The van der Waals surface area contributed by atoms with E-state index in [4.69, 9.17) is 4.52 Å². The van der Waals surface area contributed by atoms with Gasteiger partial charge in [0, 0.05) is 29.5 Å². The lowest BCUT2D eigenvalue weighted by Crippen LogP contribution is -2.13. The smallest absolute Gasteiger partial charge is 0.279 e. The molecule has 2 aromatic heterocycles. The molecular formula is C20H15FN4O2. The summed E-state index contributed by atoms with van der Waals surface area (Å²) >= 11 is 0. The first-order valence-corrected chi connectivity index (χ1v) is 8.29. The van der Waals surface area contributed by atoms with E-state index in [9.17, 15) is 9.18 Å². The first kappa shape index (κ1) is 16.7. The van der Waals surface area contributed by atoms with Crippen LogP contribution in [0.2, 0.25) is 0 Å². The number of amides is 1. The van der Waals surface area contributed by atoms with Gasteiger partial charge in [-0.2, -0.15) is 5.10 Å². The Bertz CT molecular complexity index is 1070. The van der Waals surface area contributed by atoms with Crippen molar-refractivity contribution in [3.63, 3.8) is 0 Å². The standard InChI is InChI=1S/C20H15FN4O2/c21-16-9-5-4-8-15(16)13-25-11-10-19(23-25)22-20(26)17-12-18(27-24-17)14-6-2-1-3-7-14/h1-12H,13H2,(H,22,23,26). The molecule has 6 nitrogen and oxygen atoms in total. The molecular weight excluding hydrogens is 347 g/mol. The van der Waals surface area contributed by atoms with Crippen LogP contribution >= 0.6 is 0 Å². The van der Waals surface area contributed by atoms with Crippen molar-refractivity contribution in [2.24, 2.45) is 0 Å². The number of rotatable bonds is 5. The third-order valence-electron chi connectivity index (χ3n) is 3.97. The van der Waals surface area contributed by atoms with E-state index in [2.05, 4.69) is 15.6 Å². The van der Waals surface area contributed by atoms with Gasteiger partial charge < -0.3 is 9.84 Å². The summed E-state index contributed by atoms with van der Waals surface area (Å²) in [5.41, 5.74) is 1.50. The Kier molecular flexibility index (Phi) is 4.49. The Morgan fingerprint density at radius 1 is 1.07 bits per heavy atom. The van der Waals surface area contributed by atoms with Crippen LogP contribution in [-0.4, -0.2) is 20.8 Å². The Morgan fingerprint density at radius 3 is 2.67 bits per heavy atom. The van der Waals surface area contributed by atoms with Crippen LogP contribution in [-0.2, 0) is 6.54 Å². The van der Waals surface area contributed by atoms with Gasteiger partial charge in [0.2, 0.25) is 0 Å². The lowest BCUT2D eigenvalue weighted by Gasteiger charge is -2.03. The van der Waals surface area contributed by atoms with Crippen LogP contribution in [0.1, 0.15) is 16.1 Å². The SMILES string of the molecule is O=C(Nc1ccn(Cc2ccccc2F)n1)c1cc(-c2ccccc2)on1. The van der Waals surface area contributed by atoms with E-state index in [1.54, 1.807) is 41.2 Å². The Balaban J connectivity index is 1.44. The molecule has 1 amide bonds. The lowest BCUT2D eigenvalue weighted by molar-refractivity contribution is 0.101. The van der Waals surface area contributed by atoms with Crippen LogP contribution in [0.25, 0.3) is 11.3 Å². The second kappa shape index (κ2) is 7.25. The first-order chi connectivity index (χ1) is 13.2. The maximum Gasteiger partial charge on any atom is 0.279 e. The maximum absolute atomic E-state index is 13.7. The van der Waals surface area contributed by atoms with Gasteiger partial charge in [0.1, 0.15) is 5.82 Å². The summed E-state index contributed by atoms with van der Waals surface area (Å²) in [4.78, 5) is 12.3. The average Bonchev–Trinajstić information content (AvgIpc) is 3.34. The number of nitrogens with zero attached hydrogens (tertiary/aromatic N) is 3. The number of hydrogen-bond acceptors (Lipinski definition) is 4. The van der Waals surface area contributed by atoms with E-state index in [0.717, 1.165) is 5.56 Å². The van der Waals surface area contributed by atoms with Crippen molar-refractivity contribution in [1.82, 2.24) is 14.9 Å². The molecule has 1 N–H and O–H groups in total. The summed E-state index contributed by atoms with van der Waals surface area (Å²) in [5, 5.41) is 10.7. The molecule has 0 unspecified atom stereocenters. The van der Waals surface area contributed by atoms with Crippen molar-refractivity contribution in [3.8, 4) is 11.3 Å². The predicted molar refractivity (Wildman–Crippen MR) is 97.6 cm³/mol. The largest absolute Gasteiger partial charge is 0.355 e. The zero-order valence-electron chi connectivity index (χ0n) is 14.2. The van der Waals surface area contributed by atoms with Crippen LogP contribution in [0, 0.1) is 5.82 Å². The molecule has 0 saturated carbocycles. The molecule has 27 heavy (non-hydrogen) atoms. The lowest BCUT2D eigenvalue weighted by atomic mass is 10.1. The van der Waals surface area contributed by atoms with E-state index in [1.165, 1.54) is 6.07 Å². The molecule has 0 saturated heterocycles. The maximum atomic E-state index is 13.7. The Morgan fingerprint density at radius 2 is 1.85 bits per heavy atom. The van der Waals surface area contributed by atoms with Crippen LogP contribution < -0.4 is 5.32 Å². The molecule has 0 aliphatic rings. The quantitative estimate of drug-likeness (QED) is 0.583. The molecule has 0 aliphatic heterocycles. The molecule has 2 aromatic carbocycles. The van der Waals surface area contributed by atoms with Gasteiger partial charge in [-0.25, -0.2) is 4.39 Å². The van der Waals surface area contributed by atoms with Gasteiger partial charge in [-0.1, -0.05) is 53.7 Å². The summed E-state index contributed by atoms with van der Waals surface area (Å²) in [6.07, 6.45) is 1.67. The Labute approximate surface area is 154 Å². The first-order valence-electron chi connectivity index (χ1n) is 8.29. The molecule has 4 rings (SSSR count). The second-order valence-electron chi connectivity index (χ2n) is 5.89. The second-order valence-corrected chi connectivity index (χ2v) is 5.89. The van der Waals surface area contributed by atoms with Crippen molar-refractivity contribution >= 4 is 11.7 Å². The van der Waals surface area contributed by atoms with Gasteiger partial charge >= 0.3 is 0 Å². The molecule has 0 aliphatic carbocycles. The summed E-state index contributed by atoms with van der Waals surface area (Å²) in [5.74, 6) is 0.123. The minimum absolute atomic E-state index is 0.150. The molecule has 0 bridgehead atoms. The van der Waals surface area contributed by atoms with E-state index >= 15 is 0 Å². The fourth-order valence-electron chi connectivity index (χ4n) is 2.62. The highest BCUT2D eigenvalue weighted by atomic mass is 19.1. The number of hydrogen-bond donors (Lipinski definition) is 1. The van der Waals surface area contributed by atoms with E-state index < -0.39 is 5.91 Å². The highest BCUT2D eigenvalue weighted by molar-refractivity contribution is 6.02. The highest BCUT2D eigenvalue weighted by Crippen LogP contribution is 2.20. The van der Waals surface area contributed by atoms with E-state index in [1.807, 2.05) is 30.3 Å². The van der Waals surface area contributed by atoms with Gasteiger partial charge in [-0.3, -0.25) is 9.48 Å². The number of nitrogens with one attached hydrogen (secondary N) is 1. The third-order valence-corrected chi connectivity index (χ3v) is 3.97. The molecule has 4 aromatic rings. The van der Waals surface area contributed by atoms with Crippen molar-refractivity contribution in [2.45, 2.75) is 6.54 Å². The van der Waals surface area contributed by atoms with Gasteiger partial charge in [0.25, 0.3) is 5.91 Å². The highest BCUT2D eigenvalue weighted by Gasteiger charge is 2.15. The van der Waals surface area contributed by atoms with Crippen LogP contribution in [0.5, 0.6) is 0 Å². The fraction of sp³-hybridized carbons (Fsp3) is 0.0500. The third kappa shape index (κ3) is 3.77. The number of halogens is 1. The van der Waals surface area contributed by atoms with Crippen molar-refractivity contribution in [3.05, 3.63) is 90.0 Å². The van der Waals surface area contributed by atoms with Crippen LogP contribution in [0.4, 0.5) is 10.2 Å². The van der Waals surface area contributed by atoms with Gasteiger partial charge in [-0.15, -0.1) is 0 Å². The average molecular weight is 362 g/mol. The molecule has 2 heterocycles. The summed E-state index contributed by atoms with van der Waals surface area (Å²) in [6, 6.07) is 19.1. The normalized spacial score (nSPS) is 10.7.